The summed E-state index contributed by atoms with van der Waals surface area (Å²) in [5, 5.41) is 2.92. The molecule has 3 rings (SSSR count). The number of anilines is 1. The molecule has 0 unspecified atom stereocenters. The van der Waals surface area contributed by atoms with E-state index in [-0.39, 0.29) is 17.7 Å². The summed E-state index contributed by atoms with van der Waals surface area (Å²) >= 11 is 3.37. The highest BCUT2D eigenvalue weighted by Crippen LogP contribution is 2.21. The molecule has 23 heavy (non-hydrogen) atoms. The van der Waals surface area contributed by atoms with Gasteiger partial charge in [0.1, 0.15) is 6.26 Å². The molecule has 1 aromatic heterocycles. The molecular weight excluding hydrogens is 360 g/mol. The average Bonchev–Trinajstić information content (AvgIpc) is 3.11. The molecule has 120 valence electrons. The van der Waals surface area contributed by atoms with Gasteiger partial charge in [0.05, 0.1) is 17.7 Å². The van der Waals surface area contributed by atoms with Crippen LogP contribution in [0, 0.1) is 5.92 Å². The Morgan fingerprint density at radius 1 is 1.22 bits per heavy atom. The topological polar surface area (TPSA) is 62.6 Å². The van der Waals surface area contributed by atoms with E-state index in [2.05, 4.69) is 21.2 Å². The lowest BCUT2D eigenvalue weighted by molar-refractivity contribution is -0.121. The minimum absolute atomic E-state index is 0.0444. The molecule has 0 aliphatic carbocycles. The van der Waals surface area contributed by atoms with E-state index in [4.69, 9.17) is 4.42 Å². The average molecular weight is 377 g/mol. The van der Waals surface area contributed by atoms with Gasteiger partial charge in [-0.3, -0.25) is 9.59 Å². The predicted octanol–water partition coefficient (Wildman–Crippen LogP) is 3.53. The van der Waals surface area contributed by atoms with Gasteiger partial charge in [0.2, 0.25) is 5.91 Å². The number of carbonyl (C=O) groups excluding carboxylic acids is 2. The number of piperidine rings is 1. The van der Waals surface area contributed by atoms with Crippen LogP contribution in [0.3, 0.4) is 0 Å². The fraction of sp³-hybridized carbons (Fsp3) is 0.294. The van der Waals surface area contributed by atoms with E-state index >= 15 is 0 Å². The van der Waals surface area contributed by atoms with Crippen LogP contribution < -0.4 is 5.32 Å². The molecule has 5 nitrogen and oxygen atoms in total. The maximum atomic E-state index is 12.4. The van der Waals surface area contributed by atoms with Crippen molar-refractivity contribution in [2.75, 3.05) is 18.4 Å². The van der Waals surface area contributed by atoms with Crippen LogP contribution in [0.4, 0.5) is 5.69 Å². The number of hydrogen-bond donors (Lipinski definition) is 1. The molecule has 1 atom stereocenters. The second-order valence-corrected chi connectivity index (χ2v) is 6.51. The van der Waals surface area contributed by atoms with Crippen molar-refractivity contribution in [2.24, 2.45) is 5.92 Å². The molecule has 1 aromatic carbocycles. The summed E-state index contributed by atoms with van der Waals surface area (Å²) in [5.41, 5.74) is 1.29. The summed E-state index contributed by atoms with van der Waals surface area (Å²) in [6, 6.07) is 9.10. The Kier molecular flexibility index (Phi) is 4.81. The Morgan fingerprint density at radius 2 is 2.00 bits per heavy atom. The molecule has 0 radical (unpaired) electrons. The first-order valence-corrected chi connectivity index (χ1v) is 8.30. The third-order valence-electron chi connectivity index (χ3n) is 3.96. The third kappa shape index (κ3) is 3.82. The number of nitrogens with zero attached hydrogens (tertiary/aromatic N) is 1. The van der Waals surface area contributed by atoms with Gasteiger partial charge in [-0.2, -0.15) is 0 Å². The minimum Gasteiger partial charge on any atom is -0.472 e. The highest BCUT2D eigenvalue weighted by molar-refractivity contribution is 9.10. The Hall–Kier alpha value is -2.08. The number of likely N-dealkylation sites (tertiary alicyclic amines) is 1. The molecule has 1 saturated heterocycles. The molecule has 1 aliphatic rings. The van der Waals surface area contributed by atoms with Gasteiger partial charge in [0.15, 0.2) is 0 Å². The number of nitrogens with one attached hydrogen (secondary N) is 1. The lowest BCUT2D eigenvalue weighted by Crippen LogP contribution is -2.43. The summed E-state index contributed by atoms with van der Waals surface area (Å²) in [6.07, 6.45) is 4.53. The first-order valence-electron chi connectivity index (χ1n) is 7.51. The lowest BCUT2D eigenvalue weighted by atomic mass is 9.96. The quantitative estimate of drug-likeness (QED) is 0.890. The van der Waals surface area contributed by atoms with E-state index in [0.29, 0.717) is 18.7 Å². The summed E-state index contributed by atoms with van der Waals surface area (Å²) in [6.45, 7) is 1.11. The number of carbonyl (C=O) groups is 2. The van der Waals surface area contributed by atoms with Crippen molar-refractivity contribution in [3.8, 4) is 0 Å². The van der Waals surface area contributed by atoms with Crippen molar-refractivity contribution in [3.63, 3.8) is 0 Å². The van der Waals surface area contributed by atoms with Crippen molar-refractivity contribution in [1.82, 2.24) is 4.90 Å². The first kappa shape index (κ1) is 15.8. The highest BCUT2D eigenvalue weighted by Gasteiger charge is 2.29. The first-order chi connectivity index (χ1) is 11.1. The van der Waals surface area contributed by atoms with Gasteiger partial charge in [0, 0.05) is 23.2 Å². The molecule has 2 amide bonds. The molecule has 2 heterocycles. The van der Waals surface area contributed by atoms with Crippen molar-refractivity contribution in [2.45, 2.75) is 12.8 Å². The molecule has 2 aromatic rings. The van der Waals surface area contributed by atoms with E-state index in [1.165, 1.54) is 12.5 Å². The molecular formula is C17H17BrN2O3. The van der Waals surface area contributed by atoms with Gasteiger partial charge in [-0.25, -0.2) is 0 Å². The second-order valence-electron chi connectivity index (χ2n) is 5.60. The number of halogens is 1. The molecule has 0 spiro atoms. The standard InChI is InChI=1S/C17H17BrN2O3/c18-14-3-5-15(6-4-14)19-16(21)12-2-1-8-20(10-12)17(22)13-7-9-23-11-13/h3-7,9,11-12H,1-2,8,10H2,(H,19,21)/t12-/m0/s1. The zero-order valence-electron chi connectivity index (χ0n) is 12.5. The van der Waals surface area contributed by atoms with Crippen LogP contribution in [-0.4, -0.2) is 29.8 Å². The predicted molar refractivity (Wildman–Crippen MR) is 90.1 cm³/mol. The summed E-state index contributed by atoms with van der Waals surface area (Å²) in [5.74, 6) is -0.319. The fourth-order valence-electron chi connectivity index (χ4n) is 2.72. The second kappa shape index (κ2) is 7.00. The van der Waals surface area contributed by atoms with E-state index in [9.17, 15) is 9.59 Å². The van der Waals surface area contributed by atoms with E-state index in [0.717, 1.165) is 23.0 Å². The third-order valence-corrected chi connectivity index (χ3v) is 4.49. The van der Waals surface area contributed by atoms with Gasteiger partial charge in [-0.15, -0.1) is 0 Å². The zero-order chi connectivity index (χ0) is 16.2. The van der Waals surface area contributed by atoms with Gasteiger partial charge in [0.25, 0.3) is 5.91 Å². The Bertz CT molecular complexity index is 682. The van der Waals surface area contributed by atoms with E-state index in [1.54, 1.807) is 11.0 Å². The monoisotopic (exact) mass is 376 g/mol. The summed E-state index contributed by atoms with van der Waals surface area (Å²) in [7, 11) is 0. The summed E-state index contributed by atoms with van der Waals surface area (Å²) < 4.78 is 5.92. The number of benzene rings is 1. The highest BCUT2D eigenvalue weighted by atomic mass is 79.9. The van der Waals surface area contributed by atoms with Crippen molar-refractivity contribution in [1.29, 1.82) is 0 Å². The molecule has 6 heteroatoms. The van der Waals surface area contributed by atoms with Crippen molar-refractivity contribution >= 4 is 33.4 Å². The lowest BCUT2D eigenvalue weighted by Gasteiger charge is -2.31. The van der Waals surface area contributed by atoms with Crippen molar-refractivity contribution in [3.05, 3.63) is 52.9 Å². The summed E-state index contributed by atoms with van der Waals surface area (Å²) in [4.78, 5) is 26.5. The zero-order valence-corrected chi connectivity index (χ0v) is 14.1. The maximum Gasteiger partial charge on any atom is 0.257 e. The fourth-order valence-corrected chi connectivity index (χ4v) is 2.99. The van der Waals surface area contributed by atoms with Crippen LogP contribution in [-0.2, 0) is 4.79 Å². The number of amides is 2. The number of hydrogen-bond acceptors (Lipinski definition) is 3. The largest absolute Gasteiger partial charge is 0.472 e. The van der Waals surface area contributed by atoms with Crippen LogP contribution in [0.5, 0.6) is 0 Å². The Morgan fingerprint density at radius 3 is 2.70 bits per heavy atom. The smallest absolute Gasteiger partial charge is 0.257 e. The number of furan rings is 1. The van der Waals surface area contributed by atoms with Gasteiger partial charge < -0.3 is 14.6 Å². The van der Waals surface area contributed by atoms with Crippen LogP contribution >= 0.6 is 15.9 Å². The van der Waals surface area contributed by atoms with Crippen LogP contribution in [0.2, 0.25) is 0 Å². The molecule has 1 N–H and O–H groups in total. The molecule has 0 saturated carbocycles. The van der Waals surface area contributed by atoms with Crippen LogP contribution in [0.1, 0.15) is 23.2 Å². The normalized spacial score (nSPS) is 17.8. The minimum atomic E-state index is -0.191. The van der Waals surface area contributed by atoms with E-state index in [1.807, 2.05) is 24.3 Å². The maximum absolute atomic E-state index is 12.4. The molecule has 1 fully saturated rings. The van der Waals surface area contributed by atoms with E-state index < -0.39 is 0 Å². The van der Waals surface area contributed by atoms with Gasteiger partial charge in [-0.1, -0.05) is 15.9 Å². The van der Waals surface area contributed by atoms with Crippen molar-refractivity contribution < 1.29 is 14.0 Å². The molecule has 1 aliphatic heterocycles. The Balaban J connectivity index is 1.62. The number of rotatable bonds is 3. The van der Waals surface area contributed by atoms with Gasteiger partial charge >= 0.3 is 0 Å². The van der Waals surface area contributed by atoms with Crippen LogP contribution in [0.25, 0.3) is 0 Å². The Labute approximate surface area is 142 Å². The van der Waals surface area contributed by atoms with Crippen LogP contribution in [0.15, 0.2) is 51.7 Å². The molecule has 0 bridgehead atoms. The SMILES string of the molecule is O=C(Nc1ccc(Br)cc1)[C@H]1CCCN(C(=O)c2ccoc2)C1. The van der Waals surface area contributed by atoms with Gasteiger partial charge in [-0.05, 0) is 43.2 Å².